The van der Waals surface area contributed by atoms with Crippen molar-refractivity contribution in [2.45, 2.75) is 38.4 Å². The first kappa shape index (κ1) is 22.9. The Morgan fingerprint density at radius 2 is 1.34 bits per heavy atom. The molecule has 0 aliphatic carbocycles. The highest BCUT2D eigenvalue weighted by atomic mass is 16.6. The molecule has 3 aromatic carbocycles. The zero-order valence-corrected chi connectivity index (χ0v) is 18.0. The molecule has 0 unspecified atom stereocenters. The molecule has 3 rings (SSSR count). The van der Waals surface area contributed by atoms with Gasteiger partial charge in [-0.1, -0.05) is 68.4 Å². The number of carboxylic acid groups (broad SMARTS) is 2. The summed E-state index contributed by atoms with van der Waals surface area (Å²) in [5.41, 5.74) is 0.107. The first-order valence-corrected chi connectivity index (χ1v) is 10.3. The van der Waals surface area contributed by atoms with Gasteiger partial charge in [0.2, 0.25) is 0 Å². The number of aliphatic carboxylic acids is 2. The molecule has 0 heterocycles. The van der Waals surface area contributed by atoms with Crippen molar-refractivity contribution < 1.29 is 29.3 Å². The van der Waals surface area contributed by atoms with Crippen molar-refractivity contribution in [1.29, 1.82) is 0 Å². The summed E-state index contributed by atoms with van der Waals surface area (Å²) in [6.07, 6.45) is -0.345. The number of rotatable bonds is 10. The van der Waals surface area contributed by atoms with Crippen LogP contribution in [-0.2, 0) is 22.6 Å². The fraction of sp³-hybridized carbons (Fsp3) is 0.231. The van der Waals surface area contributed by atoms with E-state index in [-0.39, 0.29) is 18.1 Å². The van der Waals surface area contributed by atoms with Crippen molar-refractivity contribution in [1.82, 2.24) is 0 Å². The first-order chi connectivity index (χ1) is 15.3. The van der Waals surface area contributed by atoms with Crippen LogP contribution >= 0.6 is 0 Å². The lowest BCUT2D eigenvalue weighted by Gasteiger charge is -2.26. The van der Waals surface area contributed by atoms with E-state index in [0.29, 0.717) is 17.9 Å². The minimum absolute atomic E-state index is 0.182. The maximum Gasteiger partial charge on any atom is 0.360 e. The highest BCUT2D eigenvalue weighted by Gasteiger charge is 2.49. The third kappa shape index (κ3) is 5.46. The second-order valence-corrected chi connectivity index (χ2v) is 7.86. The summed E-state index contributed by atoms with van der Waals surface area (Å²) >= 11 is 0. The number of carbonyl (C=O) groups is 2. The highest BCUT2D eigenvalue weighted by molar-refractivity contribution is 6.02. The lowest BCUT2D eigenvalue weighted by molar-refractivity contribution is -0.172. The molecule has 0 amide bonds. The summed E-state index contributed by atoms with van der Waals surface area (Å²) in [5, 5.41) is 19.6. The lowest BCUT2D eigenvalue weighted by Crippen LogP contribution is -2.53. The van der Waals surface area contributed by atoms with E-state index < -0.39 is 17.5 Å². The molecule has 0 aliphatic rings. The normalized spacial score (nSPS) is 11.2. The summed E-state index contributed by atoms with van der Waals surface area (Å²) in [7, 11) is 0. The van der Waals surface area contributed by atoms with Crippen LogP contribution in [0.1, 0.15) is 36.5 Å². The predicted octanol–water partition coefficient (Wildman–Crippen LogP) is 4.92. The largest absolute Gasteiger partial charge is 0.489 e. The van der Waals surface area contributed by atoms with Gasteiger partial charge in [-0.3, -0.25) is 0 Å². The average molecular weight is 434 g/mol. The molecule has 0 radical (unpaired) electrons. The summed E-state index contributed by atoms with van der Waals surface area (Å²) in [6.45, 7) is 4.45. The minimum atomic E-state index is -2.45. The Labute approximate surface area is 187 Å². The van der Waals surface area contributed by atoms with Crippen LogP contribution in [0.15, 0.2) is 78.9 Å². The fourth-order valence-corrected chi connectivity index (χ4v) is 3.22. The summed E-state index contributed by atoms with van der Waals surface area (Å²) in [4.78, 5) is 24.1. The van der Waals surface area contributed by atoms with E-state index in [0.717, 1.165) is 11.1 Å². The van der Waals surface area contributed by atoms with Crippen molar-refractivity contribution in [3.05, 3.63) is 95.6 Å². The van der Waals surface area contributed by atoms with Gasteiger partial charge in [0, 0.05) is 6.42 Å². The zero-order valence-electron chi connectivity index (χ0n) is 18.0. The minimum Gasteiger partial charge on any atom is -0.489 e. The van der Waals surface area contributed by atoms with Gasteiger partial charge < -0.3 is 19.7 Å². The summed E-state index contributed by atoms with van der Waals surface area (Å²) in [5.74, 6) is -2.07. The van der Waals surface area contributed by atoms with Gasteiger partial charge in [0.1, 0.15) is 18.1 Å². The Kier molecular flexibility index (Phi) is 7.15. The molecule has 0 saturated carbocycles. The van der Waals surface area contributed by atoms with Crippen LogP contribution in [0.2, 0.25) is 0 Å². The van der Waals surface area contributed by atoms with Crippen LogP contribution < -0.4 is 9.47 Å². The van der Waals surface area contributed by atoms with E-state index in [2.05, 4.69) is 0 Å². The van der Waals surface area contributed by atoms with Crippen LogP contribution in [-0.4, -0.2) is 27.8 Å². The molecular weight excluding hydrogens is 408 g/mol. The SMILES string of the molecule is CC(C)c1ccc(OC(Cc2ccc(OCc3ccccc3)cc2)(C(=O)O)C(=O)O)cc1. The average Bonchev–Trinajstić information content (AvgIpc) is 2.79. The van der Waals surface area contributed by atoms with Gasteiger partial charge in [-0.25, -0.2) is 9.59 Å². The van der Waals surface area contributed by atoms with Gasteiger partial charge in [-0.05, 0) is 46.9 Å². The van der Waals surface area contributed by atoms with Gasteiger partial charge in [-0.2, -0.15) is 0 Å². The van der Waals surface area contributed by atoms with E-state index in [4.69, 9.17) is 9.47 Å². The van der Waals surface area contributed by atoms with Crippen LogP contribution in [0, 0.1) is 0 Å². The molecule has 0 bridgehead atoms. The quantitative estimate of drug-likeness (QED) is 0.440. The third-order valence-electron chi connectivity index (χ3n) is 5.15. The van der Waals surface area contributed by atoms with Crippen molar-refractivity contribution >= 4 is 11.9 Å². The van der Waals surface area contributed by atoms with Gasteiger partial charge in [0.05, 0.1) is 0 Å². The highest BCUT2D eigenvalue weighted by Crippen LogP contribution is 2.27. The predicted molar refractivity (Wildman–Crippen MR) is 120 cm³/mol. The Bertz CT molecular complexity index is 1030. The van der Waals surface area contributed by atoms with E-state index in [9.17, 15) is 19.8 Å². The Morgan fingerprint density at radius 1 is 0.781 bits per heavy atom. The van der Waals surface area contributed by atoms with Crippen molar-refractivity contribution in [3.63, 3.8) is 0 Å². The molecule has 3 aromatic rings. The maximum absolute atomic E-state index is 12.0. The number of carboxylic acids is 2. The zero-order chi connectivity index (χ0) is 23.1. The molecule has 166 valence electrons. The second kappa shape index (κ2) is 10.0. The molecule has 6 nitrogen and oxygen atoms in total. The van der Waals surface area contributed by atoms with E-state index >= 15 is 0 Å². The molecule has 32 heavy (non-hydrogen) atoms. The van der Waals surface area contributed by atoms with Crippen LogP contribution in [0.4, 0.5) is 0 Å². The number of ether oxygens (including phenoxy) is 2. The molecular formula is C26H26O6. The van der Waals surface area contributed by atoms with Crippen LogP contribution in [0.3, 0.4) is 0 Å². The van der Waals surface area contributed by atoms with Gasteiger partial charge in [0.15, 0.2) is 0 Å². The summed E-state index contributed by atoms with van der Waals surface area (Å²) < 4.78 is 11.3. The summed E-state index contributed by atoms with van der Waals surface area (Å²) in [6, 6.07) is 23.1. The number of hydrogen-bond acceptors (Lipinski definition) is 4. The molecule has 0 atom stereocenters. The Morgan fingerprint density at radius 3 is 1.88 bits per heavy atom. The van der Waals surface area contributed by atoms with E-state index in [1.54, 1.807) is 48.5 Å². The van der Waals surface area contributed by atoms with Crippen LogP contribution in [0.25, 0.3) is 0 Å². The van der Waals surface area contributed by atoms with Gasteiger partial charge >= 0.3 is 17.5 Å². The van der Waals surface area contributed by atoms with Crippen molar-refractivity contribution in [2.24, 2.45) is 0 Å². The topological polar surface area (TPSA) is 93.1 Å². The Balaban J connectivity index is 1.76. The lowest BCUT2D eigenvalue weighted by atomic mass is 9.94. The smallest absolute Gasteiger partial charge is 0.360 e. The maximum atomic E-state index is 12.0. The van der Waals surface area contributed by atoms with E-state index in [1.165, 1.54) is 0 Å². The standard InChI is InChI=1S/C26H26O6/c1-18(2)21-10-14-23(15-11-21)32-26(24(27)28,25(29)30)16-19-8-12-22(13-9-19)31-17-20-6-4-3-5-7-20/h3-15,18H,16-17H2,1-2H3,(H,27,28)(H,29,30). The second-order valence-electron chi connectivity index (χ2n) is 7.86. The number of benzene rings is 3. The molecule has 0 spiro atoms. The molecule has 0 aromatic heterocycles. The van der Waals surface area contributed by atoms with Gasteiger partial charge in [0.25, 0.3) is 0 Å². The van der Waals surface area contributed by atoms with E-state index in [1.807, 2.05) is 44.2 Å². The monoisotopic (exact) mass is 434 g/mol. The van der Waals surface area contributed by atoms with Gasteiger partial charge in [-0.15, -0.1) is 0 Å². The molecule has 6 heteroatoms. The Hall–Kier alpha value is -3.80. The van der Waals surface area contributed by atoms with Crippen LogP contribution in [0.5, 0.6) is 11.5 Å². The third-order valence-corrected chi connectivity index (χ3v) is 5.15. The number of hydrogen-bond donors (Lipinski definition) is 2. The molecule has 0 aliphatic heterocycles. The fourth-order valence-electron chi connectivity index (χ4n) is 3.22. The molecule has 2 N–H and O–H groups in total. The molecule has 0 fully saturated rings. The van der Waals surface area contributed by atoms with Crippen molar-refractivity contribution in [3.8, 4) is 11.5 Å². The van der Waals surface area contributed by atoms with Crippen molar-refractivity contribution in [2.75, 3.05) is 0 Å². The first-order valence-electron chi connectivity index (χ1n) is 10.3. The molecule has 0 saturated heterocycles.